The fourth-order valence-electron chi connectivity index (χ4n) is 1.55. The predicted octanol–water partition coefficient (Wildman–Crippen LogP) is 0.494. The van der Waals surface area contributed by atoms with Crippen molar-refractivity contribution in [2.75, 3.05) is 6.61 Å². The fourth-order valence-corrected chi connectivity index (χ4v) is 1.55. The zero-order chi connectivity index (χ0) is 11.8. The molecule has 3 heteroatoms. The zero-order valence-corrected chi connectivity index (χ0v) is 13.8. The van der Waals surface area contributed by atoms with Crippen molar-refractivity contribution in [3.05, 3.63) is 71.8 Å². The molecule has 18 heavy (non-hydrogen) atoms. The van der Waals surface area contributed by atoms with E-state index in [0.717, 1.165) is 12.0 Å². The van der Waals surface area contributed by atoms with Gasteiger partial charge in [0.25, 0.3) is 0 Å². The van der Waals surface area contributed by atoms with Crippen LogP contribution in [0.2, 0.25) is 0 Å². The molecule has 0 saturated carbocycles. The summed E-state index contributed by atoms with van der Waals surface area (Å²) in [4.78, 5) is 10.3. The van der Waals surface area contributed by atoms with Crippen LogP contribution in [0.1, 0.15) is 12.6 Å². The van der Waals surface area contributed by atoms with Crippen LogP contribution in [-0.2, 0) is 22.8 Å². The molecule has 0 aromatic heterocycles. The van der Waals surface area contributed by atoms with Gasteiger partial charge in [0.2, 0.25) is 0 Å². The van der Waals surface area contributed by atoms with Gasteiger partial charge in [0.15, 0.2) is 0 Å². The Balaban J connectivity index is 0.00000162. The molecule has 0 amide bonds. The van der Waals surface area contributed by atoms with E-state index in [0.29, 0.717) is 13.2 Å². The minimum Gasteiger partial charge on any atom is -1.00 e. The molecule has 0 atom stereocenters. The molecule has 2 nitrogen and oxygen atoms in total. The Morgan fingerprint density at radius 3 is 1.89 bits per heavy atom. The van der Waals surface area contributed by atoms with Gasteiger partial charge in [-0.2, -0.15) is 0 Å². The normalized spacial score (nSPS) is 9.78. The first-order valence-electron chi connectivity index (χ1n) is 5.77. The van der Waals surface area contributed by atoms with Crippen LogP contribution in [0.4, 0.5) is 0 Å². The molecule has 0 heterocycles. The van der Waals surface area contributed by atoms with E-state index in [1.165, 1.54) is 5.56 Å². The molecule has 2 aromatic rings. The van der Waals surface area contributed by atoms with Crippen LogP contribution in [0, 0.1) is 0 Å². The largest absolute Gasteiger partial charge is 1.00 e. The van der Waals surface area contributed by atoms with Crippen molar-refractivity contribution < 1.29 is 62.6 Å². The number of hydrogen-bond donors (Lipinski definition) is 0. The van der Waals surface area contributed by atoms with Crippen molar-refractivity contribution in [1.29, 1.82) is 0 Å². The van der Waals surface area contributed by atoms with E-state index in [4.69, 9.17) is 9.78 Å². The van der Waals surface area contributed by atoms with Gasteiger partial charge in [-0.15, -0.1) is 0 Å². The maximum Gasteiger partial charge on any atom is 1.00 e. The Bertz CT molecular complexity index is 381. The third-order valence-corrected chi connectivity index (χ3v) is 2.47. The molecule has 0 radical (unpaired) electrons. The van der Waals surface area contributed by atoms with E-state index in [1.54, 1.807) is 0 Å². The molecule has 0 N–H and O–H groups in total. The molecule has 0 unspecified atom stereocenters. The summed E-state index contributed by atoms with van der Waals surface area (Å²) < 4.78 is 0. The van der Waals surface area contributed by atoms with Gasteiger partial charge in [0.1, 0.15) is 6.61 Å². The number of rotatable bonds is 6. The van der Waals surface area contributed by atoms with Gasteiger partial charge in [-0.3, -0.25) is 0 Å². The third-order valence-electron chi connectivity index (χ3n) is 2.47. The molecule has 2 aromatic carbocycles. The second kappa shape index (κ2) is 9.87. The maximum absolute atomic E-state index is 5.14. The molecular weight excluding hydrogens is 251 g/mol. The standard InChI is InChI=1S/C15H16O2.K.H/c1-3-7-14(8-4-1)11-12-16-17-13-15-9-5-2-6-10-15;;/h1-10H,11-13H2;;/q;+1;-1. The van der Waals surface area contributed by atoms with Crippen molar-refractivity contribution in [2.45, 2.75) is 13.0 Å². The Morgan fingerprint density at radius 2 is 1.28 bits per heavy atom. The van der Waals surface area contributed by atoms with Gasteiger partial charge in [-0.1, -0.05) is 60.7 Å². The molecular formula is C15H17KO2. The van der Waals surface area contributed by atoms with Crippen LogP contribution in [-0.4, -0.2) is 6.61 Å². The summed E-state index contributed by atoms with van der Waals surface area (Å²) in [5, 5.41) is 0. The van der Waals surface area contributed by atoms with E-state index in [1.807, 2.05) is 48.5 Å². The maximum atomic E-state index is 5.14. The quantitative estimate of drug-likeness (QED) is 0.329. The van der Waals surface area contributed by atoms with Crippen molar-refractivity contribution >= 4 is 0 Å². The predicted molar refractivity (Wildman–Crippen MR) is 68.4 cm³/mol. The number of benzene rings is 2. The van der Waals surface area contributed by atoms with Gasteiger partial charge in [0.05, 0.1) is 6.61 Å². The minimum absolute atomic E-state index is 0. The molecule has 90 valence electrons. The second-order valence-electron chi connectivity index (χ2n) is 3.81. The fraction of sp³-hybridized carbons (Fsp3) is 0.200. The smallest absolute Gasteiger partial charge is 1.00 e. The molecule has 0 aliphatic carbocycles. The molecule has 0 saturated heterocycles. The van der Waals surface area contributed by atoms with E-state index >= 15 is 0 Å². The Morgan fingerprint density at radius 1 is 0.722 bits per heavy atom. The molecule has 0 aliphatic heterocycles. The summed E-state index contributed by atoms with van der Waals surface area (Å²) in [6, 6.07) is 20.2. The summed E-state index contributed by atoms with van der Waals surface area (Å²) in [5.74, 6) is 0. The van der Waals surface area contributed by atoms with Crippen LogP contribution in [0.25, 0.3) is 0 Å². The van der Waals surface area contributed by atoms with Crippen molar-refractivity contribution in [1.82, 2.24) is 0 Å². The van der Waals surface area contributed by atoms with Crippen molar-refractivity contribution in [2.24, 2.45) is 0 Å². The van der Waals surface area contributed by atoms with Crippen molar-refractivity contribution in [3.8, 4) is 0 Å². The zero-order valence-electron chi connectivity index (χ0n) is 11.7. The van der Waals surface area contributed by atoms with E-state index in [9.17, 15) is 0 Å². The number of hydrogen-bond acceptors (Lipinski definition) is 2. The summed E-state index contributed by atoms with van der Waals surface area (Å²) in [7, 11) is 0. The van der Waals surface area contributed by atoms with E-state index in [-0.39, 0.29) is 52.8 Å². The van der Waals surface area contributed by atoms with Crippen LogP contribution in [0.5, 0.6) is 0 Å². The first kappa shape index (κ1) is 16.1. The van der Waals surface area contributed by atoms with Gasteiger partial charge in [0, 0.05) is 0 Å². The topological polar surface area (TPSA) is 18.5 Å². The van der Waals surface area contributed by atoms with Crippen LogP contribution in [0.15, 0.2) is 60.7 Å². The molecule has 0 bridgehead atoms. The Hall–Kier alpha value is -0.00364. The van der Waals surface area contributed by atoms with Crippen molar-refractivity contribution in [3.63, 3.8) is 0 Å². The van der Waals surface area contributed by atoms with E-state index in [2.05, 4.69) is 12.1 Å². The SMILES string of the molecule is [H-].[K+].c1ccc(CCOOCc2ccccc2)cc1. The third kappa shape index (κ3) is 6.25. The Labute approximate surface area is 152 Å². The van der Waals surface area contributed by atoms with E-state index < -0.39 is 0 Å². The molecule has 0 aliphatic rings. The van der Waals surface area contributed by atoms with Crippen LogP contribution in [0.3, 0.4) is 0 Å². The first-order valence-corrected chi connectivity index (χ1v) is 5.77. The van der Waals surface area contributed by atoms with Gasteiger partial charge in [-0.25, -0.2) is 9.78 Å². The monoisotopic (exact) mass is 268 g/mol. The molecule has 0 spiro atoms. The first-order chi connectivity index (χ1) is 8.45. The second-order valence-corrected chi connectivity index (χ2v) is 3.81. The van der Waals surface area contributed by atoms with Gasteiger partial charge < -0.3 is 1.43 Å². The molecule has 2 rings (SSSR count). The van der Waals surface area contributed by atoms with Gasteiger partial charge >= 0.3 is 51.4 Å². The summed E-state index contributed by atoms with van der Waals surface area (Å²) in [6.45, 7) is 1.08. The average molecular weight is 268 g/mol. The summed E-state index contributed by atoms with van der Waals surface area (Å²) >= 11 is 0. The average Bonchev–Trinajstić information content (AvgIpc) is 2.41. The summed E-state index contributed by atoms with van der Waals surface area (Å²) in [5.41, 5.74) is 2.38. The minimum atomic E-state index is 0. The summed E-state index contributed by atoms with van der Waals surface area (Å²) in [6.07, 6.45) is 0.871. The Kier molecular flexibility index (Phi) is 8.80. The van der Waals surface area contributed by atoms with Gasteiger partial charge in [-0.05, 0) is 17.5 Å². The van der Waals surface area contributed by atoms with Crippen LogP contribution < -0.4 is 51.4 Å². The van der Waals surface area contributed by atoms with Crippen LogP contribution >= 0.6 is 0 Å². The molecule has 0 fully saturated rings.